The van der Waals surface area contributed by atoms with Crippen LogP contribution in [0.1, 0.15) is 63.1 Å². The van der Waals surface area contributed by atoms with Crippen LogP contribution < -0.4 is 18.9 Å². The summed E-state index contributed by atoms with van der Waals surface area (Å²) in [6.07, 6.45) is 5.67. The molecule has 300 valence electrons. The van der Waals surface area contributed by atoms with Gasteiger partial charge in [0.15, 0.2) is 0 Å². The van der Waals surface area contributed by atoms with Crippen molar-refractivity contribution in [2.24, 2.45) is 0 Å². The van der Waals surface area contributed by atoms with Crippen LogP contribution >= 0.6 is 0 Å². The van der Waals surface area contributed by atoms with Gasteiger partial charge < -0.3 is 32.8 Å². The first-order chi connectivity index (χ1) is 28.0. The van der Waals surface area contributed by atoms with Gasteiger partial charge in [-0.25, -0.2) is 14.4 Å². The lowest BCUT2D eigenvalue weighted by Gasteiger charge is -2.11. The van der Waals surface area contributed by atoms with E-state index < -0.39 is 17.9 Å². The van der Waals surface area contributed by atoms with Crippen LogP contribution in [0.2, 0.25) is 0 Å². The summed E-state index contributed by atoms with van der Waals surface area (Å²) < 4.78 is 39.3. The molecule has 0 fully saturated rings. The maximum atomic E-state index is 13.1. The van der Waals surface area contributed by atoms with Crippen LogP contribution in [-0.4, -0.2) is 54.5 Å². The molecule has 0 radical (unpaired) electrons. The van der Waals surface area contributed by atoms with Crippen molar-refractivity contribution < 1.29 is 47.2 Å². The number of nitrogens with zero attached hydrogens (tertiary/aromatic N) is 2. The third-order valence-corrected chi connectivity index (χ3v) is 8.75. The first kappa shape index (κ1) is 42.2. The van der Waals surface area contributed by atoms with Crippen molar-refractivity contribution in [3.05, 3.63) is 144 Å². The zero-order valence-corrected chi connectivity index (χ0v) is 32.9. The van der Waals surface area contributed by atoms with Gasteiger partial charge in [0.05, 0.1) is 37.6 Å². The van der Waals surface area contributed by atoms with Gasteiger partial charge in [-0.2, -0.15) is 0 Å². The van der Waals surface area contributed by atoms with Crippen molar-refractivity contribution in [3.8, 4) is 45.9 Å². The van der Waals surface area contributed by atoms with Crippen LogP contribution in [0.25, 0.3) is 22.9 Å². The standard InChI is InChI=1S/C46H46N2O10/c1-7-33(6)52-23-9-10-24-53-36-17-21-40(31(4)27-36)45(50)56-35-15-13-34(14-16-35)43-47-48-44(58-43)39-20-19-38(29-30(39)3)57-46(51)41-22-18-37(28-32(41)5)54-25-11-12-26-55-42(49)8-2/h7-8,13-22,27-29H,1-2,6,9-12,23-26H2,3-5H3. The number of carbonyl (C=O) groups excluding carboxylic acids is 3. The SMILES string of the molecule is C=CC(=C)OCCCCOc1ccc(C(=O)Oc2ccc(-c3nnc(-c4ccc(OC(=O)c5ccc(OCCCCOC(=O)C=C)cc5C)cc4C)o3)cc2)c(C)c1. The predicted octanol–water partition coefficient (Wildman–Crippen LogP) is 9.53. The maximum Gasteiger partial charge on any atom is 0.343 e. The Kier molecular flexibility index (Phi) is 15.1. The molecule has 0 aliphatic heterocycles. The minimum atomic E-state index is -0.506. The van der Waals surface area contributed by atoms with Crippen molar-refractivity contribution in [1.82, 2.24) is 10.2 Å². The van der Waals surface area contributed by atoms with Gasteiger partial charge in [0.1, 0.15) is 28.8 Å². The summed E-state index contributed by atoms with van der Waals surface area (Å²) in [5.41, 5.74) is 4.33. The number of carbonyl (C=O) groups is 3. The number of rotatable bonds is 21. The molecular weight excluding hydrogens is 741 g/mol. The maximum absolute atomic E-state index is 13.1. The van der Waals surface area contributed by atoms with Crippen LogP contribution in [0.3, 0.4) is 0 Å². The summed E-state index contributed by atoms with van der Waals surface area (Å²) in [6, 6.07) is 22.3. The lowest BCUT2D eigenvalue weighted by atomic mass is 10.1. The Bertz CT molecular complexity index is 2260. The van der Waals surface area contributed by atoms with E-state index in [1.165, 1.54) is 0 Å². The molecule has 5 aromatic rings. The molecule has 12 nitrogen and oxygen atoms in total. The summed E-state index contributed by atoms with van der Waals surface area (Å²) in [5, 5.41) is 8.44. The van der Waals surface area contributed by atoms with E-state index >= 15 is 0 Å². The second-order valence-electron chi connectivity index (χ2n) is 13.1. The van der Waals surface area contributed by atoms with Gasteiger partial charge in [0.2, 0.25) is 11.8 Å². The van der Waals surface area contributed by atoms with E-state index in [1.807, 2.05) is 26.8 Å². The van der Waals surface area contributed by atoms with Crippen LogP contribution in [0.5, 0.6) is 23.0 Å². The van der Waals surface area contributed by atoms with Crippen LogP contribution in [-0.2, 0) is 14.3 Å². The molecule has 5 rings (SSSR count). The van der Waals surface area contributed by atoms with E-state index in [-0.39, 0.29) is 11.8 Å². The molecular formula is C46H46N2O10. The zero-order chi connectivity index (χ0) is 41.4. The number of hydrogen-bond donors (Lipinski definition) is 0. The number of esters is 3. The highest BCUT2D eigenvalue weighted by molar-refractivity contribution is 5.93. The van der Waals surface area contributed by atoms with Gasteiger partial charge >= 0.3 is 17.9 Å². The number of aromatic nitrogens is 2. The molecule has 0 spiro atoms. The Morgan fingerprint density at radius 1 is 0.586 bits per heavy atom. The fraction of sp³-hybridized carbons (Fsp3) is 0.239. The number of aryl methyl sites for hydroxylation is 3. The quantitative estimate of drug-likeness (QED) is 0.0174. The smallest absolute Gasteiger partial charge is 0.343 e. The molecule has 12 heteroatoms. The summed E-state index contributed by atoms with van der Waals surface area (Å²) in [5.74, 6) is 1.67. The first-order valence-corrected chi connectivity index (χ1v) is 18.7. The summed E-state index contributed by atoms with van der Waals surface area (Å²) in [6.45, 7) is 18.0. The molecule has 0 aliphatic rings. The third kappa shape index (κ3) is 12.0. The minimum absolute atomic E-state index is 0.279. The highest BCUT2D eigenvalue weighted by atomic mass is 16.5. The van der Waals surface area contributed by atoms with Crippen LogP contribution in [0.15, 0.2) is 121 Å². The van der Waals surface area contributed by atoms with E-state index in [4.69, 9.17) is 32.8 Å². The molecule has 1 aromatic heterocycles. The Morgan fingerprint density at radius 3 is 1.64 bits per heavy atom. The van der Waals surface area contributed by atoms with Gasteiger partial charge in [-0.3, -0.25) is 0 Å². The lowest BCUT2D eigenvalue weighted by molar-refractivity contribution is -0.137. The average molecular weight is 787 g/mol. The number of hydrogen-bond acceptors (Lipinski definition) is 12. The molecule has 0 saturated heterocycles. The van der Waals surface area contributed by atoms with E-state index in [0.717, 1.165) is 30.0 Å². The van der Waals surface area contributed by atoms with Crippen molar-refractivity contribution in [2.45, 2.75) is 46.5 Å². The van der Waals surface area contributed by atoms with E-state index in [9.17, 15) is 14.4 Å². The van der Waals surface area contributed by atoms with Gasteiger partial charge in [-0.15, -0.1) is 10.2 Å². The summed E-state index contributed by atoms with van der Waals surface area (Å²) in [7, 11) is 0. The van der Waals surface area contributed by atoms with Gasteiger partial charge in [0.25, 0.3) is 0 Å². The molecule has 0 atom stereocenters. The van der Waals surface area contributed by atoms with Gasteiger partial charge in [0, 0.05) is 17.2 Å². The summed E-state index contributed by atoms with van der Waals surface area (Å²) in [4.78, 5) is 37.2. The fourth-order valence-corrected chi connectivity index (χ4v) is 5.57. The Hall–Kier alpha value is -6.95. The zero-order valence-electron chi connectivity index (χ0n) is 32.9. The molecule has 58 heavy (non-hydrogen) atoms. The number of ether oxygens (including phenoxy) is 6. The molecule has 0 N–H and O–H groups in total. The number of benzene rings is 4. The molecule has 0 saturated carbocycles. The van der Waals surface area contributed by atoms with Crippen LogP contribution in [0, 0.1) is 20.8 Å². The van der Waals surface area contributed by atoms with Crippen LogP contribution in [0.4, 0.5) is 0 Å². The molecule has 0 bridgehead atoms. The lowest BCUT2D eigenvalue weighted by Crippen LogP contribution is -2.11. The normalized spacial score (nSPS) is 10.6. The third-order valence-electron chi connectivity index (χ3n) is 8.75. The average Bonchev–Trinajstić information content (AvgIpc) is 3.70. The molecule has 0 unspecified atom stereocenters. The monoisotopic (exact) mass is 786 g/mol. The largest absolute Gasteiger partial charge is 0.494 e. The predicted molar refractivity (Wildman–Crippen MR) is 218 cm³/mol. The molecule has 1 heterocycles. The van der Waals surface area contributed by atoms with Crippen molar-refractivity contribution in [1.29, 1.82) is 0 Å². The second kappa shape index (κ2) is 20.8. The Balaban J connectivity index is 1.10. The summed E-state index contributed by atoms with van der Waals surface area (Å²) >= 11 is 0. The van der Waals surface area contributed by atoms with Crippen molar-refractivity contribution in [3.63, 3.8) is 0 Å². The van der Waals surface area contributed by atoms with E-state index in [2.05, 4.69) is 29.9 Å². The number of allylic oxidation sites excluding steroid dienone is 1. The van der Waals surface area contributed by atoms with Gasteiger partial charge in [-0.1, -0.05) is 19.7 Å². The first-order valence-electron chi connectivity index (χ1n) is 18.7. The highest BCUT2D eigenvalue weighted by Crippen LogP contribution is 2.30. The number of unbranched alkanes of at least 4 members (excludes halogenated alkanes) is 2. The minimum Gasteiger partial charge on any atom is -0.494 e. The van der Waals surface area contributed by atoms with E-state index in [0.29, 0.717) is 95.8 Å². The topological polar surface area (TPSA) is 146 Å². The van der Waals surface area contributed by atoms with Crippen molar-refractivity contribution >= 4 is 17.9 Å². The fourth-order valence-electron chi connectivity index (χ4n) is 5.57. The molecule has 4 aromatic carbocycles. The second-order valence-corrected chi connectivity index (χ2v) is 13.1. The molecule has 0 aliphatic carbocycles. The van der Waals surface area contributed by atoms with Crippen molar-refractivity contribution in [2.75, 3.05) is 26.4 Å². The Labute approximate surface area is 337 Å². The molecule has 0 amide bonds. The van der Waals surface area contributed by atoms with E-state index in [1.54, 1.807) is 78.9 Å². The Morgan fingerprint density at radius 2 is 1.09 bits per heavy atom. The highest BCUT2D eigenvalue weighted by Gasteiger charge is 2.18. The van der Waals surface area contributed by atoms with Gasteiger partial charge in [-0.05, 0) is 148 Å².